The third kappa shape index (κ3) is 5.08. The van der Waals surface area contributed by atoms with Crippen molar-refractivity contribution in [2.45, 2.75) is 33.1 Å². The lowest BCUT2D eigenvalue weighted by Gasteiger charge is -2.18. The van der Waals surface area contributed by atoms with Crippen LogP contribution in [0.1, 0.15) is 41.0 Å². The van der Waals surface area contributed by atoms with E-state index >= 15 is 0 Å². The maximum absolute atomic E-state index is 12.9. The molecule has 1 N–H and O–H groups in total. The van der Waals surface area contributed by atoms with Gasteiger partial charge in [-0.25, -0.2) is 0 Å². The van der Waals surface area contributed by atoms with Gasteiger partial charge in [0, 0.05) is 26.3 Å². The molecular weight excluding hydrogens is 345 g/mol. The van der Waals surface area contributed by atoms with Crippen LogP contribution < -0.4 is 5.32 Å². The second-order valence-electron chi connectivity index (χ2n) is 6.02. The lowest BCUT2D eigenvalue weighted by molar-refractivity contribution is -0.141. The first kappa shape index (κ1) is 20.0. The molecule has 2 aromatic rings. The van der Waals surface area contributed by atoms with Gasteiger partial charge in [-0.1, -0.05) is 38.1 Å². The molecule has 8 heteroatoms. The zero-order chi connectivity index (χ0) is 19.3. The van der Waals surface area contributed by atoms with Gasteiger partial charge in [-0.05, 0) is 24.2 Å². The van der Waals surface area contributed by atoms with E-state index < -0.39 is 23.3 Å². The molecule has 1 aromatic heterocycles. The van der Waals surface area contributed by atoms with Crippen molar-refractivity contribution in [3.63, 3.8) is 0 Å². The SMILES string of the molecule is CCN(CC)Cc1ccc(CNC(=O)c2cn(C)nc2C(F)(F)F)cc1. The lowest BCUT2D eigenvalue weighted by Crippen LogP contribution is -2.25. The fraction of sp³-hybridized carbons (Fsp3) is 0.444. The number of aromatic nitrogens is 2. The van der Waals surface area contributed by atoms with Gasteiger partial charge < -0.3 is 5.32 Å². The van der Waals surface area contributed by atoms with Gasteiger partial charge >= 0.3 is 6.18 Å². The first-order valence-corrected chi connectivity index (χ1v) is 8.43. The smallest absolute Gasteiger partial charge is 0.348 e. The molecule has 0 aliphatic carbocycles. The normalized spacial score (nSPS) is 11.8. The second-order valence-corrected chi connectivity index (χ2v) is 6.02. The number of halogens is 3. The summed E-state index contributed by atoms with van der Waals surface area (Å²) in [6.07, 6.45) is -3.59. The van der Waals surface area contributed by atoms with Crippen molar-refractivity contribution in [3.8, 4) is 0 Å². The molecule has 2 rings (SSSR count). The highest BCUT2D eigenvalue weighted by atomic mass is 19.4. The Balaban J connectivity index is 2.00. The molecule has 142 valence electrons. The quantitative estimate of drug-likeness (QED) is 0.817. The molecule has 0 bridgehead atoms. The van der Waals surface area contributed by atoms with E-state index in [0.29, 0.717) is 0 Å². The molecule has 0 radical (unpaired) electrons. The van der Waals surface area contributed by atoms with Crippen LogP contribution in [0.4, 0.5) is 13.2 Å². The van der Waals surface area contributed by atoms with E-state index in [-0.39, 0.29) is 6.54 Å². The van der Waals surface area contributed by atoms with Gasteiger partial charge in [0.15, 0.2) is 5.69 Å². The Morgan fingerprint density at radius 1 is 1.15 bits per heavy atom. The monoisotopic (exact) mass is 368 g/mol. The average Bonchev–Trinajstić information content (AvgIpc) is 3.01. The Morgan fingerprint density at radius 3 is 2.27 bits per heavy atom. The van der Waals surface area contributed by atoms with E-state index in [9.17, 15) is 18.0 Å². The van der Waals surface area contributed by atoms with Crippen molar-refractivity contribution in [1.29, 1.82) is 0 Å². The first-order valence-electron chi connectivity index (χ1n) is 8.43. The van der Waals surface area contributed by atoms with Crippen molar-refractivity contribution in [1.82, 2.24) is 20.0 Å². The van der Waals surface area contributed by atoms with E-state index in [1.807, 2.05) is 24.3 Å². The summed E-state index contributed by atoms with van der Waals surface area (Å²) in [4.78, 5) is 14.4. The molecule has 26 heavy (non-hydrogen) atoms. The molecule has 0 saturated heterocycles. The predicted octanol–water partition coefficient (Wildman–Crippen LogP) is 3.21. The molecule has 0 unspecified atom stereocenters. The summed E-state index contributed by atoms with van der Waals surface area (Å²) in [6.45, 7) is 7.10. The van der Waals surface area contributed by atoms with Crippen LogP contribution in [0.3, 0.4) is 0 Å². The minimum absolute atomic E-state index is 0.149. The van der Waals surface area contributed by atoms with Crippen LogP contribution in [0.25, 0.3) is 0 Å². The number of aryl methyl sites for hydroxylation is 1. The maximum atomic E-state index is 12.9. The average molecular weight is 368 g/mol. The van der Waals surface area contributed by atoms with Crippen LogP contribution in [-0.2, 0) is 26.3 Å². The topological polar surface area (TPSA) is 50.2 Å². The summed E-state index contributed by atoms with van der Waals surface area (Å²) >= 11 is 0. The van der Waals surface area contributed by atoms with E-state index in [0.717, 1.165) is 41.6 Å². The fourth-order valence-electron chi connectivity index (χ4n) is 2.61. The molecule has 1 aromatic carbocycles. The van der Waals surface area contributed by atoms with Crippen LogP contribution in [0, 0.1) is 0 Å². The summed E-state index contributed by atoms with van der Waals surface area (Å²) < 4.78 is 39.8. The standard InChI is InChI=1S/C18H23F3N4O/c1-4-25(5-2)11-14-8-6-13(7-9-14)10-22-17(26)15-12-24(3)23-16(15)18(19,20)21/h6-9,12H,4-5,10-11H2,1-3H3,(H,22,26). The van der Waals surface area contributed by atoms with E-state index in [1.54, 1.807) is 0 Å². The Kier molecular flexibility index (Phi) is 6.42. The number of carbonyl (C=O) groups excluding carboxylic acids is 1. The van der Waals surface area contributed by atoms with Gasteiger partial charge in [0.25, 0.3) is 5.91 Å². The van der Waals surface area contributed by atoms with Crippen LogP contribution >= 0.6 is 0 Å². The third-order valence-electron chi connectivity index (χ3n) is 4.12. The van der Waals surface area contributed by atoms with E-state index in [1.165, 1.54) is 7.05 Å². The highest BCUT2D eigenvalue weighted by Crippen LogP contribution is 2.30. The molecule has 1 amide bonds. The highest BCUT2D eigenvalue weighted by Gasteiger charge is 2.38. The Bertz CT molecular complexity index is 734. The molecular formula is C18H23F3N4O. The van der Waals surface area contributed by atoms with Gasteiger partial charge in [-0.15, -0.1) is 0 Å². The van der Waals surface area contributed by atoms with Gasteiger partial charge in [0.2, 0.25) is 0 Å². The zero-order valence-corrected chi connectivity index (χ0v) is 15.1. The number of hydrogen-bond donors (Lipinski definition) is 1. The number of hydrogen-bond acceptors (Lipinski definition) is 3. The number of nitrogens with one attached hydrogen (secondary N) is 1. The van der Waals surface area contributed by atoms with Gasteiger partial charge in [0.05, 0.1) is 5.56 Å². The molecule has 0 aliphatic rings. The summed E-state index contributed by atoms with van der Waals surface area (Å²) in [5.74, 6) is -0.794. The number of benzene rings is 1. The number of carbonyl (C=O) groups is 1. The van der Waals surface area contributed by atoms with Gasteiger partial charge in [-0.2, -0.15) is 18.3 Å². The summed E-state index contributed by atoms with van der Waals surface area (Å²) in [6, 6.07) is 7.66. The molecule has 0 saturated carbocycles. The molecule has 5 nitrogen and oxygen atoms in total. The predicted molar refractivity (Wildman–Crippen MR) is 92.4 cm³/mol. The molecule has 0 atom stereocenters. The minimum Gasteiger partial charge on any atom is -0.348 e. The number of amides is 1. The van der Waals surface area contributed by atoms with Crippen molar-refractivity contribution < 1.29 is 18.0 Å². The van der Waals surface area contributed by atoms with Crippen LogP contribution in [0.2, 0.25) is 0 Å². The summed E-state index contributed by atoms with van der Waals surface area (Å²) in [5, 5.41) is 5.86. The Morgan fingerprint density at radius 2 is 1.73 bits per heavy atom. The van der Waals surface area contributed by atoms with E-state index in [4.69, 9.17) is 0 Å². The van der Waals surface area contributed by atoms with Crippen molar-refractivity contribution in [2.24, 2.45) is 7.05 Å². The Hall–Kier alpha value is -2.35. The van der Waals surface area contributed by atoms with Crippen molar-refractivity contribution >= 4 is 5.91 Å². The summed E-state index contributed by atoms with van der Waals surface area (Å²) in [5.41, 5.74) is 0.319. The van der Waals surface area contributed by atoms with Crippen LogP contribution in [0.15, 0.2) is 30.5 Å². The number of alkyl halides is 3. The lowest BCUT2D eigenvalue weighted by atomic mass is 10.1. The van der Waals surface area contributed by atoms with Crippen molar-refractivity contribution in [2.75, 3.05) is 13.1 Å². The third-order valence-corrected chi connectivity index (χ3v) is 4.12. The molecule has 0 spiro atoms. The number of nitrogens with zero attached hydrogens (tertiary/aromatic N) is 3. The number of rotatable bonds is 7. The minimum atomic E-state index is -4.67. The highest BCUT2D eigenvalue weighted by molar-refractivity contribution is 5.95. The first-order chi connectivity index (χ1) is 12.2. The molecule has 0 fully saturated rings. The Labute approximate surface area is 150 Å². The maximum Gasteiger partial charge on any atom is 0.435 e. The second kappa shape index (κ2) is 8.35. The van der Waals surface area contributed by atoms with Crippen LogP contribution in [-0.4, -0.2) is 33.7 Å². The molecule has 0 aliphatic heterocycles. The zero-order valence-electron chi connectivity index (χ0n) is 15.1. The van der Waals surface area contributed by atoms with E-state index in [2.05, 4.69) is 29.2 Å². The largest absolute Gasteiger partial charge is 0.435 e. The van der Waals surface area contributed by atoms with Gasteiger partial charge in [-0.3, -0.25) is 14.4 Å². The molecule has 1 heterocycles. The van der Waals surface area contributed by atoms with Gasteiger partial charge in [0.1, 0.15) is 0 Å². The fourth-order valence-corrected chi connectivity index (χ4v) is 2.61. The van der Waals surface area contributed by atoms with Crippen molar-refractivity contribution in [3.05, 3.63) is 52.8 Å². The summed E-state index contributed by atoms with van der Waals surface area (Å²) in [7, 11) is 1.35. The van der Waals surface area contributed by atoms with Crippen LogP contribution in [0.5, 0.6) is 0 Å².